The summed E-state index contributed by atoms with van der Waals surface area (Å²) in [7, 11) is 0. The van der Waals surface area contributed by atoms with E-state index in [2.05, 4.69) is 46.6 Å². The maximum atomic E-state index is 12.5. The lowest BCUT2D eigenvalue weighted by atomic mass is 10.1. The van der Waals surface area contributed by atoms with Crippen LogP contribution >= 0.6 is 33.9 Å². The summed E-state index contributed by atoms with van der Waals surface area (Å²) in [6.45, 7) is 3.27. The first-order chi connectivity index (χ1) is 11.6. The van der Waals surface area contributed by atoms with Crippen LogP contribution in [0.2, 0.25) is 0 Å². The topological polar surface area (TPSA) is 42.4 Å². The molecule has 2 aromatic carbocycles. The summed E-state index contributed by atoms with van der Waals surface area (Å²) in [5, 5.41) is 0.686. The molecule has 1 saturated heterocycles. The van der Waals surface area contributed by atoms with Gasteiger partial charge in [0, 0.05) is 3.57 Å². The average molecular weight is 450 g/mol. The number of hydrogen-bond acceptors (Lipinski definition) is 4. The highest BCUT2D eigenvalue weighted by Crippen LogP contribution is 2.31. The number of aromatic nitrogens is 1. The second kappa shape index (κ2) is 6.33. The molecular formula is C18H15IN2O2S. The molecule has 0 aliphatic carbocycles. The van der Waals surface area contributed by atoms with Crippen LogP contribution in [0.5, 0.6) is 5.19 Å². The zero-order valence-corrected chi connectivity index (χ0v) is 16.0. The molecule has 1 amide bonds. The van der Waals surface area contributed by atoms with Crippen molar-refractivity contribution >= 4 is 50.1 Å². The van der Waals surface area contributed by atoms with Gasteiger partial charge in [0.05, 0.1) is 28.9 Å². The highest BCUT2D eigenvalue weighted by Gasteiger charge is 2.34. The molecule has 0 spiro atoms. The maximum absolute atomic E-state index is 12.5. The Morgan fingerprint density at radius 1 is 1.25 bits per heavy atom. The van der Waals surface area contributed by atoms with Gasteiger partial charge < -0.3 is 9.64 Å². The number of hydrogen-bond donors (Lipinski definition) is 0. The summed E-state index contributed by atoms with van der Waals surface area (Å²) in [6, 6.07) is 13.8. The van der Waals surface area contributed by atoms with Crippen LogP contribution in [0.1, 0.15) is 15.9 Å². The molecule has 6 heteroatoms. The number of rotatable bonds is 3. The Morgan fingerprint density at radius 2 is 2.04 bits per heavy atom. The van der Waals surface area contributed by atoms with Crippen molar-refractivity contribution in [1.29, 1.82) is 0 Å². The van der Waals surface area contributed by atoms with Gasteiger partial charge >= 0.3 is 0 Å². The number of aryl methyl sites for hydroxylation is 1. The van der Waals surface area contributed by atoms with E-state index in [1.807, 2.05) is 35.2 Å². The predicted octanol–water partition coefficient (Wildman–Crippen LogP) is 4.11. The lowest BCUT2D eigenvalue weighted by Crippen LogP contribution is -2.56. The SMILES string of the molecule is Cc1cccc2sc(OC3CN(C(=O)c4ccccc4I)C3)nc12. The van der Waals surface area contributed by atoms with Crippen LogP contribution in [0.25, 0.3) is 10.2 Å². The standard InChI is InChI=1S/C18H15IN2O2S/c1-11-5-4-8-15-16(11)20-18(24-15)23-12-9-21(10-12)17(22)13-6-2-3-7-14(13)19/h2-8,12H,9-10H2,1H3. The fourth-order valence-corrected chi connectivity index (χ4v) is 4.32. The molecule has 1 aromatic heterocycles. The minimum atomic E-state index is 0.0243. The molecule has 24 heavy (non-hydrogen) atoms. The number of ether oxygens (including phenoxy) is 1. The lowest BCUT2D eigenvalue weighted by molar-refractivity contribution is 0.0177. The van der Waals surface area contributed by atoms with Gasteiger partial charge in [0.1, 0.15) is 6.10 Å². The van der Waals surface area contributed by atoms with Crippen LogP contribution in [-0.4, -0.2) is 35.0 Å². The number of fused-ring (bicyclic) bond motifs is 1. The summed E-state index contributed by atoms with van der Waals surface area (Å²) in [5.74, 6) is 0.0694. The summed E-state index contributed by atoms with van der Waals surface area (Å²) in [5.41, 5.74) is 2.92. The normalized spacial score (nSPS) is 14.7. The number of para-hydroxylation sites is 1. The van der Waals surface area contributed by atoms with E-state index in [4.69, 9.17) is 4.74 Å². The number of benzene rings is 2. The Hall–Kier alpha value is -1.67. The predicted molar refractivity (Wildman–Crippen MR) is 104 cm³/mol. The van der Waals surface area contributed by atoms with Gasteiger partial charge in [-0.05, 0) is 53.3 Å². The quantitative estimate of drug-likeness (QED) is 0.565. The van der Waals surface area contributed by atoms with Crippen molar-refractivity contribution in [3.63, 3.8) is 0 Å². The zero-order chi connectivity index (χ0) is 16.7. The van der Waals surface area contributed by atoms with E-state index in [9.17, 15) is 4.79 Å². The van der Waals surface area contributed by atoms with Crippen molar-refractivity contribution in [2.75, 3.05) is 13.1 Å². The molecule has 0 bridgehead atoms. The van der Waals surface area contributed by atoms with Gasteiger partial charge in [0.25, 0.3) is 11.1 Å². The molecule has 0 N–H and O–H groups in total. The van der Waals surface area contributed by atoms with Gasteiger partial charge in [0.15, 0.2) is 0 Å². The van der Waals surface area contributed by atoms with Crippen LogP contribution in [0.15, 0.2) is 42.5 Å². The van der Waals surface area contributed by atoms with Crippen molar-refractivity contribution in [2.24, 2.45) is 0 Å². The molecule has 0 atom stereocenters. The van der Waals surface area contributed by atoms with Crippen LogP contribution in [0, 0.1) is 10.5 Å². The third-order valence-electron chi connectivity index (χ3n) is 4.11. The number of carbonyl (C=O) groups excluding carboxylic acids is 1. The second-order valence-electron chi connectivity index (χ2n) is 5.83. The van der Waals surface area contributed by atoms with E-state index in [0.717, 1.165) is 24.9 Å². The molecule has 0 radical (unpaired) electrons. The van der Waals surface area contributed by atoms with Crippen molar-refractivity contribution in [2.45, 2.75) is 13.0 Å². The molecular weight excluding hydrogens is 435 g/mol. The number of nitrogens with zero attached hydrogens (tertiary/aromatic N) is 2. The van der Waals surface area contributed by atoms with E-state index < -0.39 is 0 Å². The first kappa shape index (κ1) is 15.8. The number of likely N-dealkylation sites (tertiary alicyclic amines) is 1. The Labute approximate surface area is 157 Å². The molecule has 1 aliphatic rings. The second-order valence-corrected chi connectivity index (χ2v) is 7.99. The molecule has 1 aliphatic heterocycles. The van der Waals surface area contributed by atoms with E-state index >= 15 is 0 Å². The van der Waals surface area contributed by atoms with Gasteiger partial charge in [-0.2, -0.15) is 0 Å². The monoisotopic (exact) mass is 450 g/mol. The van der Waals surface area contributed by atoms with E-state index in [1.54, 1.807) is 11.3 Å². The van der Waals surface area contributed by atoms with Gasteiger partial charge in [0.2, 0.25) is 0 Å². The van der Waals surface area contributed by atoms with Gasteiger partial charge in [-0.3, -0.25) is 4.79 Å². The maximum Gasteiger partial charge on any atom is 0.274 e. The van der Waals surface area contributed by atoms with Crippen molar-refractivity contribution in [3.05, 3.63) is 57.2 Å². The summed E-state index contributed by atoms with van der Waals surface area (Å²) < 4.78 is 8.06. The Morgan fingerprint density at radius 3 is 2.79 bits per heavy atom. The molecule has 2 heterocycles. The molecule has 122 valence electrons. The third kappa shape index (κ3) is 2.88. The zero-order valence-electron chi connectivity index (χ0n) is 13.0. The Balaban J connectivity index is 1.41. The molecule has 4 rings (SSSR count). The minimum absolute atomic E-state index is 0.0243. The number of halogens is 1. The first-order valence-electron chi connectivity index (χ1n) is 7.68. The van der Waals surface area contributed by atoms with E-state index in [0.29, 0.717) is 18.3 Å². The largest absolute Gasteiger partial charge is 0.463 e. The smallest absolute Gasteiger partial charge is 0.274 e. The summed E-state index contributed by atoms with van der Waals surface area (Å²) in [4.78, 5) is 18.9. The van der Waals surface area contributed by atoms with E-state index in [-0.39, 0.29) is 12.0 Å². The molecule has 0 unspecified atom stereocenters. The van der Waals surface area contributed by atoms with Crippen LogP contribution in [-0.2, 0) is 0 Å². The van der Waals surface area contributed by atoms with Crippen LogP contribution in [0.3, 0.4) is 0 Å². The lowest BCUT2D eigenvalue weighted by Gasteiger charge is -2.38. The molecule has 4 nitrogen and oxygen atoms in total. The van der Waals surface area contributed by atoms with Gasteiger partial charge in [-0.25, -0.2) is 4.98 Å². The number of amides is 1. The molecule has 1 fully saturated rings. The van der Waals surface area contributed by atoms with Crippen molar-refractivity contribution in [1.82, 2.24) is 9.88 Å². The summed E-state index contributed by atoms with van der Waals surface area (Å²) >= 11 is 3.76. The third-order valence-corrected chi connectivity index (χ3v) is 5.96. The van der Waals surface area contributed by atoms with E-state index in [1.165, 1.54) is 0 Å². The summed E-state index contributed by atoms with van der Waals surface area (Å²) in [6.07, 6.45) is 0.0243. The van der Waals surface area contributed by atoms with Crippen molar-refractivity contribution in [3.8, 4) is 5.19 Å². The number of carbonyl (C=O) groups is 1. The average Bonchev–Trinajstić information content (AvgIpc) is 2.94. The highest BCUT2D eigenvalue weighted by atomic mass is 127. The van der Waals surface area contributed by atoms with Gasteiger partial charge in [-0.15, -0.1) is 0 Å². The molecule has 3 aromatic rings. The fraction of sp³-hybridized carbons (Fsp3) is 0.222. The minimum Gasteiger partial charge on any atom is -0.463 e. The van der Waals surface area contributed by atoms with Gasteiger partial charge in [-0.1, -0.05) is 35.6 Å². The van der Waals surface area contributed by atoms with Crippen molar-refractivity contribution < 1.29 is 9.53 Å². The number of thiazole rings is 1. The Kier molecular flexibility index (Phi) is 4.17. The first-order valence-corrected chi connectivity index (χ1v) is 9.58. The van der Waals surface area contributed by atoms with Crippen LogP contribution < -0.4 is 4.74 Å². The molecule has 0 saturated carbocycles. The highest BCUT2D eigenvalue weighted by molar-refractivity contribution is 14.1. The fourth-order valence-electron chi connectivity index (χ4n) is 2.74. The van der Waals surface area contributed by atoms with Crippen LogP contribution in [0.4, 0.5) is 0 Å². The Bertz CT molecular complexity index is 918.